The Morgan fingerprint density at radius 1 is 1.10 bits per heavy atom. The van der Waals surface area contributed by atoms with Gasteiger partial charge in [0.1, 0.15) is 4.99 Å². The van der Waals surface area contributed by atoms with Gasteiger partial charge in [-0.3, -0.25) is 0 Å². The van der Waals surface area contributed by atoms with E-state index in [9.17, 15) is 0 Å². The molecule has 20 heavy (non-hydrogen) atoms. The van der Waals surface area contributed by atoms with Gasteiger partial charge in [0.25, 0.3) is 0 Å². The first-order chi connectivity index (χ1) is 9.63. The van der Waals surface area contributed by atoms with Crippen LogP contribution in [0.1, 0.15) is 11.1 Å². The molecule has 3 aromatic rings. The molecule has 2 nitrogen and oxygen atoms in total. The minimum Gasteiger partial charge on any atom is -0.389 e. The maximum Gasteiger partial charge on any atom is 0.104 e. The summed E-state index contributed by atoms with van der Waals surface area (Å²) in [6.07, 6.45) is 2.10. The summed E-state index contributed by atoms with van der Waals surface area (Å²) in [7, 11) is 0. The molecule has 2 aromatic carbocycles. The zero-order valence-electron chi connectivity index (χ0n) is 10.7. The van der Waals surface area contributed by atoms with Crippen molar-refractivity contribution >= 4 is 50.7 Å². The Kier molecular flexibility index (Phi) is 3.76. The second-order valence-corrected chi connectivity index (χ2v) is 6.39. The summed E-state index contributed by atoms with van der Waals surface area (Å²) in [5.74, 6) is 0. The first-order valence-electron chi connectivity index (χ1n) is 6.26. The van der Waals surface area contributed by atoms with Gasteiger partial charge in [0.15, 0.2) is 0 Å². The van der Waals surface area contributed by atoms with Gasteiger partial charge in [-0.2, -0.15) is 0 Å². The summed E-state index contributed by atoms with van der Waals surface area (Å²) >= 11 is 7.37. The molecule has 4 heteroatoms. The minimum atomic E-state index is 0.439. The molecule has 3 rings (SSSR count). The molecule has 0 saturated heterocycles. The number of benzene rings is 2. The van der Waals surface area contributed by atoms with Gasteiger partial charge in [-0.1, -0.05) is 36.5 Å². The van der Waals surface area contributed by atoms with Crippen LogP contribution in [0.25, 0.3) is 10.9 Å². The molecular formula is C16H13IN2S. The van der Waals surface area contributed by atoms with Crippen molar-refractivity contribution in [2.75, 3.05) is 0 Å². The van der Waals surface area contributed by atoms with Crippen LogP contribution in [0.3, 0.4) is 0 Å². The second kappa shape index (κ2) is 5.54. The van der Waals surface area contributed by atoms with E-state index in [4.69, 9.17) is 18.0 Å². The van der Waals surface area contributed by atoms with E-state index in [1.807, 2.05) is 6.07 Å². The highest BCUT2D eigenvalue weighted by molar-refractivity contribution is 14.1. The fourth-order valence-corrected chi connectivity index (χ4v) is 2.75. The number of halogens is 1. The van der Waals surface area contributed by atoms with Gasteiger partial charge in [-0.15, -0.1) is 0 Å². The van der Waals surface area contributed by atoms with E-state index in [1.165, 1.54) is 14.5 Å². The highest BCUT2D eigenvalue weighted by Crippen LogP contribution is 2.19. The third-order valence-electron chi connectivity index (χ3n) is 3.32. The number of thiocarbonyl (C=S) groups is 1. The van der Waals surface area contributed by atoms with Gasteiger partial charge in [0.05, 0.1) is 0 Å². The predicted octanol–water partition coefficient (Wildman–Crippen LogP) is 3.93. The highest BCUT2D eigenvalue weighted by Gasteiger charge is 2.04. The van der Waals surface area contributed by atoms with Crippen LogP contribution in [-0.4, -0.2) is 9.56 Å². The van der Waals surface area contributed by atoms with Crippen LogP contribution in [-0.2, 0) is 6.54 Å². The molecule has 0 aliphatic heterocycles. The van der Waals surface area contributed by atoms with Crippen LogP contribution < -0.4 is 5.73 Å². The number of fused-ring (bicyclic) bond motifs is 1. The lowest BCUT2D eigenvalue weighted by Gasteiger charge is -2.07. The van der Waals surface area contributed by atoms with Gasteiger partial charge >= 0.3 is 0 Å². The second-order valence-electron chi connectivity index (χ2n) is 4.71. The highest BCUT2D eigenvalue weighted by atomic mass is 127. The Labute approximate surface area is 136 Å². The lowest BCUT2D eigenvalue weighted by molar-refractivity contribution is 0.836. The SMILES string of the molecule is NC(=S)c1ccc2ccn(Cc3ccc(I)cc3)c2c1. The lowest BCUT2D eigenvalue weighted by Crippen LogP contribution is -2.09. The minimum absolute atomic E-state index is 0.439. The van der Waals surface area contributed by atoms with Crippen molar-refractivity contribution in [3.63, 3.8) is 0 Å². The van der Waals surface area contributed by atoms with Gasteiger partial charge in [-0.25, -0.2) is 0 Å². The Balaban J connectivity index is 2.00. The molecule has 0 atom stereocenters. The molecule has 0 radical (unpaired) electrons. The number of nitrogens with zero attached hydrogens (tertiary/aromatic N) is 1. The Morgan fingerprint density at radius 2 is 1.85 bits per heavy atom. The van der Waals surface area contributed by atoms with Crippen molar-refractivity contribution < 1.29 is 0 Å². The Morgan fingerprint density at radius 3 is 2.55 bits per heavy atom. The van der Waals surface area contributed by atoms with E-state index < -0.39 is 0 Å². The van der Waals surface area contributed by atoms with Gasteiger partial charge in [0, 0.05) is 27.4 Å². The van der Waals surface area contributed by atoms with E-state index in [1.54, 1.807) is 0 Å². The molecule has 1 aromatic heterocycles. The molecule has 0 aliphatic carbocycles. The molecule has 2 N–H and O–H groups in total. The molecule has 0 amide bonds. The molecular weight excluding hydrogens is 379 g/mol. The molecule has 0 unspecified atom stereocenters. The van der Waals surface area contributed by atoms with E-state index >= 15 is 0 Å². The summed E-state index contributed by atoms with van der Waals surface area (Å²) in [6.45, 7) is 0.848. The molecule has 0 spiro atoms. The number of rotatable bonds is 3. The first-order valence-corrected chi connectivity index (χ1v) is 7.75. The monoisotopic (exact) mass is 392 g/mol. The van der Waals surface area contributed by atoms with E-state index in [2.05, 4.69) is 75.8 Å². The molecule has 100 valence electrons. The normalized spacial score (nSPS) is 10.8. The van der Waals surface area contributed by atoms with Crippen molar-refractivity contribution in [3.05, 3.63) is 69.4 Å². The van der Waals surface area contributed by atoms with E-state index in [-0.39, 0.29) is 0 Å². The van der Waals surface area contributed by atoms with Crippen molar-refractivity contribution in [3.8, 4) is 0 Å². The summed E-state index contributed by atoms with van der Waals surface area (Å²) in [5, 5.41) is 1.20. The third kappa shape index (κ3) is 2.71. The zero-order chi connectivity index (χ0) is 14.1. The summed E-state index contributed by atoms with van der Waals surface area (Å²) in [4.78, 5) is 0.439. The summed E-state index contributed by atoms with van der Waals surface area (Å²) < 4.78 is 3.47. The van der Waals surface area contributed by atoms with Gasteiger partial charge in [0.2, 0.25) is 0 Å². The first kappa shape index (κ1) is 13.6. The van der Waals surface area contributed by atoms with Crippen LogP contribution in [0.5, 0.6) is 0 Å². The van der Waals surface area contributed by atoms with Crippen molar-refractivity contribution in [2.45, 2.75) is 6.54 Å². The number of hydrogen-bond acceptors (Lipinski definition) is 1. The van der Waals surface area contributed by atoms with Crippen LogP contribution in [0.15, 0.2) is 54.7 Å². The maximum atomic E-state index is 5.71. The Hall–Kier alpha value is -1.40. The number of nitrogens with two attached hydrogens (primary N) is 1. The average molecular weight is 392 g/mol. The third-order valence-corrected chi connectivity index (χ3v) is 4.28. The summed E-state index contributed by atoms with van der Waals surface area (Å²) in [6, 6.07) is 16.8. The topological polar surface area (TPSA) is 30.9 Å². The van der Waals surface area contributed by atoms with Crippen molar-refractivity contribution in [1.29, 1.82) is 0 Å². The fraction of sp³-hybridized carbons (Fsp3) is 0.0625. The molecule has 1 heterocycles. The standard InChI is InChI=1S/C16H13IN2S/c17-14-5-1-11(2-6-14)10-19-8-7-12-3-4-13(16(18)20)9-15(12)19/h1-9H,10H2,(H2,18,20). The van der Waals surface area contributed by atoms with Crippen LogP contribution >= 0.6 is 34.8 Å². The smallest absolute Gasteiger partial charge is 0.104 e. The molecule has 0 bridgehead atoms. The largest absolute Gasteiger partial charge is 0.389 e. The lowest BCUT2D eigenvalue weighted by atomic mass is 10.1. The van der Waals surface area contributed by atoms with Crippen molar-refractivity contribution in [1.82, 2.24) is 4.57 Å². The maximum absolute atomic E-state index is 5.71. The fourth-order valence-electron chi connectivity index (χ4n) is 2.26. The molecule has 0 saturated carbocycles. The van der Waals surface area contributed by atoms with Crippen LogP contribution in [0.4, 0.5) is 0 Å². The van der Waals surface area contributed by atoms with Crippen LogP contribution in [0, 0.1) is 3.57 Å². The molecule has 0 fully saturated rings. The number of hydrogen-bond donors (Lipinski definition) is 1. The molecule has 0 aliphatic rings. The average Bonchev–Trinajstić information content (AvgIpc) is 2.84. The van der Waals surface area contributed by atoms with Gasteiger partial charge < -0.3 is 10.3 Å². The Bertz CT molecular complexity index is 775. The predicted molar refractivity (Wildman–Crippen MR) is 96.1 cm³/mol. The van der Waals surface area contributed by atoms with Gasteiger partial charge in [-0.05, 0) is 57.8 Å². The number of aromatic nitrogens is 1. The van der Waals surface area contributed by atoms with E-state index in [0.717, 1.165) is 17.6 Å². The van der Waals surface area contributed by atoms with Crippen molar-refractivity contribution in [2.24, 2.45) is 5.73 Å². The quantitative estimate of drug-likeness (QED) is 0.541. The van der Waals surface area contributed by atoms with Crippen LogP contribution in [0.2, 0.25) is 0 Å². The zero-order valence-corrected chi connectivity index (χ0v) is 13.7. The summed E-state index contributed by atoms with van der Waals surface area (Å²) in [5.41, 5.74) is 9.07. The van der Waals surface area contributed by atoms with E-state index in [0.29, 0.717) is 4.99 Å².